The topological polar surface area (TPSA) is 75.9 Å². The number of methoxy groups -OCH3 is 1. The van der Waals surface area contributed by atoms with Gasteiger partial charge in [0.2, 0.25) is 5.91 Å². The molecule has 1 rings (SSSR count). The molecular formula is C15H23N3O3. The number of benzene rings is 1. The summed E-state index contributed by atoms with van der Waals surface area (Å²) in [6, 6.07) is 5.04. The SMILES string of the molecule is CCCN(CC(=O)N(C)C)c1ccc(N)cc1C(=O)OC. The molecule has 0 aliphatic carbocycles. The summed E-state index contributed by atoms with van der Waals surface area (Å²) in [5, 5.41) is 0. The molecule has 0 spiro atoms. The van der Waals surface area contributed by atoms with Crippen LogP contribution in [0.2, 0.25) is 0 Å². The largest absolute Gasteiger partial charge is 0.465 e. The van der Waals surface area contributed by atoms with Crippen LogP contribution in [-0.2, 0) is 9.53 Å². The fraction of sp³-hybridized carbons (Fsp3) is 0.467. The molecule has 0 unspecified atom stereocenters. The second-order valence-electron chi connectivity index (χ2n) is 4.98. The smallest absolute Gasteiger partial charge is 0.340 e. The van der Waals surface area contributed by atoms with Crippen molar-refractivity contribution in [3.8, 4) is 0 Å². The first-order chi connectivity index (χ1) is 9.90. The van der Waals surface area contributed by atoms with Crippen molar-refractivity contribution in [3.63, 3.8) is 0 Å². The number of carbonyl (C=O) groups is 2. The zero-order chi connectivity index (χ0) is 16.0. The average molecular weight is 293 g/mol. The number of anilines is 2. The van der Waals surface area contributed by atoms with Crippen molar-refractivity contribution in [2.45, 2.75) is 13.3 Å². The molecule has 1 aromatic carbocycles. The van der Waals surface area contributed by atoms with E-state index in [1.807, 2.05) is 11.8 Å². The van der Waals surface area contributed by atoms with E-state index in [9.17, 15) is 9.59 Å². The van der Waals surface area contributed by atoms with E-state index in [1.165, 1.54) is 12.0 Å². The van der Waals surface area contributed by atoms with E-state index in [-0.39, 0.29) is 12.5 Å². The highest BCUT2D eigenvalue weighted by Crippen LogP contribution is 2.24. The lowest BCUT2D eigenvalue weighted by atomic mass is 10.1. The number of likely N-dealkylation sites (N-methyl/N-ethyl adjacent to an activating group) is 1. The first-order valence-electron chi connectivity index (χ1n) is 6.83. The molecule has 0 aromatic heterocycles. The number of nitrogens with two attached hydrogens (primary N) is 1. The van der Waals surface area contributed by atoms with E-state index in [0.717, 1.165) is 6.42 Å². The van der Waals surface area contributed by atoms with Crippen LogP contribution < -0.4 is 10.6 Å². The van der Waals surface area contributed by atoms with Crippen molar-refractivity contribution in [3.05, 3.63) is 23.8 Å². The number of nitrogens with zero attached hydrogens (tertiary/aromatic N) is 2. The van der Waals surface area contributed by atoms with Crippen molar-refractivity contribution in [2.24, 2.45) is 0 Å². The molecule has 1 aromatic rings. The van der Waals surface area contributed by atoms with Crippen LogP contribution in [0.15, 0.2) is 18.2 Å². The Morgan fingerprint density at radius 1 is 1.29 bits per heavy atom. The average Bonchev–Trinajstić information content (AvgIpc) is 2.45. The molecule has 0 saturated carbocycles. The van der Waals surface area contributed by atoms with E-state index in [0.29, 0.717) is 23.5 Å². The molecule has 0 aliphatic rings. The van der Waals surface area contributed by atoms with Gasteiger partial charge in [-0.25, -0.2) is 4.79 Å². The molecule has 0 atom stereocenters. The third kappa shape index (κ3) is 4.37. The number of esters is 1. The minimum atomic E-state index is -0.462. The molecule has 0 bridgehead atoms. The van der Waals surface area contributed by atoms with E-state index in [2.05, 4.69) is 0 Å². The summed E-state index contributed by atoms with van der Waals surface area (Å²) < 4.78 is 4.80. The van der Waals surface area contributed by atoms with Gasteiger partial charge in [0.1, 0.15) is 0 Å². The van der Waals surface area contributed by atoms with Gasteiger partial charge in [-0.05, 0) is 24.6 Å². The first-order valence-corrected chi connectivity index (χ1v) is 6.83. The number of ether oxygens (including phenoxy) is 1. The van der Waals surface area contributed by atoms with Crippen LogP contribution in [0, 0.1) is 0 Å². The van der Waals surface area contributed by atoms with Crippen molar-refractivity contribution in [2.75, 3.05) is 44.9 Å². The van der Waals surface area contributed by atoms with Crippen LogP contribution in [-0.4, -0.2) is 51.1 Å². The summed E-state index contributed by atoms with van der Waals surface area (Å²) in [5.41, 5.74) is 7.26. The maximum absolute atomic E-state index is 12.0. The number of nitrogen functional groups attached to an aromatic ring is 1. The third-order valence-electron chi connectivity index (χ3n) is 3.09. The van der Waals surface area contributed by atoms with Crippen LogP contribution in [0.25, 0.3) is 0 Å². The van der Waals surface area contributed by atoms with Gasteiger partial charge in [-0.2, -0.15) is 0 Å². The lowest BCUT2D eigenvalue weighted by Crippen LogP contribution is -2.37. The second kappa shape index (κ2) is 7.52. The summed E-state index contributed by atoms with van der Waals surface area (Å²) >= 11 is 0. The molecule has 116 valence electrons. The van der Waals surface area contributed by atoms with Crippen molar-refractivity contribution in [1.82, 2.24) is 4.90 Å². The fourth-order valence-corrected chi connectivity index (χ4v) is 1.96. The van der Waals surface area contributed by atoms with Gasteiger partial charge in [0.15, 0.2) is 0 Å². The Kier molecular flexibility index (Phi) is 6.02. The zero-order valence-electron chi connectivity index (χ0n) is 13.0. The van der Waals surface area contributed by atoms with Gasteiger partial charge in [0.05, 0.1) is 24.9 Å². The molecule has 0 radical (unpaired) electrons. The van der Waals surface area contributed by atoms with E-state index in [4.69, 9.17) is 10.5 Å². The lowest BCUT2D eigenvalue weighted by molar-refractivity contribution is -0.127. The molecule has 6 nitrogen and oxygen atoms in total. The van der Waals surface area contributed by atoms with Gasteiger partial charge in [-0.3, -0.25) is 4.79 Å². The Morgan fingerprint density at radius 3 is 2.48 bits per heavy atom. The Balaban J connectivity index is 3.18. The Bertz CT molecular complexity index is 515. The molecule has 2 N–H and O–H groups in total. The third-order valence-corrected chi connectivity index (χ3v) is 3.09. The summed E-state index contributed by atoms with van der Waals surface area (Å²) in [5.74, 6) is -0.494. The van der Waals surface area contributed by atoms with Crippen molar-refractivity contribution < 1.29 is 14.3 Å². The monoisotopic (exact) mass is 293 g/mol. The molecule has 6 heteroatoms. The van der Waals surface area contributed by atoms with E-state index in [1.54, 1.807) is 32.3 Å². The first kappa shape index (κ1) is 16.8. The molecule has 0 fully saturated rings. The minimum absolute atomic E-state index is 0.0314. The molecule has 0 aliphatic heterocycles. The quantitative estimate of drug-likeness (QED) is 0.633. The number of hydrogen-bond acceptors (Lipinski definition) is 5. The van der Waals surface area contributed by atoms with E-state index < -0.39 is 5.97 Å². The van der Waals surface area contributed by atoms with Gasteiger partial charge in [0.25, 0.3) is 0 Å². The number of carbonyl (C=O) groups excluding carboxylic acids is 2. The normalized spacial score (nSPS) is 10.1. The molecule has 0 heterocycles. The molecule has 1 amide bonds. The van der Waals surface area contributed by atoms with Gasteiger partial charge in [-0.15, -0.1) is 0 Å². The van der Waals surface area contributed by atoms with Gasteiger partial charge in [-0.1, -0.05) is 6.92 Å². The van der Waals surface area contributed by atoms with Crippen LogP contribution >= 0.6 is 0 Å². The second-order valence-corrected chi connectivity index (χ2v) is 4.98. The summed E-state index contributed by atoms with van der Waals surface area (Å²) in [7, 11) is 4.73. The van der Waals surface area contributed by atoms with Gasteiger partial charge in [0, 0.05) is 26.3 Å². The Morgan fingerprint density at radius 2 is 1.95 bits per heavy atom. The van der Waals surface area contributed by atoms with Crippen LogP contribution in [0.5, 0.6) is 0 Å². The number of hydrogen-bond donors (Lipinski definition) is 1. The van der Waals surface area contributed by atoms with E-state index >= 15 is 0 Å². The van der Waals surface area contributed by atoms with Crippen LogP contribution in [0.1, 0.15) is 23.7 Å². The highest BCUT2D eigenvalue weighted by atomic mass is 16.5. The summed E-state index contributed by atoms with van der Waals surface area (Å²) in [4.78, 5) is 27.3. The zero-order valence-corrected chi connectivity index (χ0v) is 13.0. The van der Waals surface area contributed by atoms with Gasteiger partial charge >= 0.3 is 5.97 Å². The maximum Gasteiger partial charge on any atom is 0.340 e. The lowest BCUT2D eigenvalue weighted by Gasteiger charge is -2.27. The van der Waals surface area contributed by atoms with Crippen molar-refractivity contribution >= 4 is 23.3 Å². The maximum atomic E-state index is 12.0. The predicted octanol–water partition coefficient (Wildman–Crippen LogP) is 1.36. The van der Waals surface area contributed by atoms with Crippen molar-refractivity contribution in [1.29, 1.82) is 0 Å². The van der Waals surface area contributed by atoms with Crippen LogP contribution in [0.3, 0.4) is 0 Å². The summed E-state index contributed by atoms with van der Waals surface area (Å²) in [6.45, 7) is 2.88. The van der Waals surface area contributed by atoms with Gasteiger partial charge < -0.3 is 20.3 Å². The molecule has 21 heavy (non-hydrogen) atoms. The standard InChI is InChI=1S/C15H23N3O3/c1-5-8-18(10-14(19)17(2)3)13-7-6-11(16)9-12(13)15(20)21-4/h6-7,9H,5,8,10,16H2,1-4H3. The Hall–Kier alpha value is -2.24. The Labute approximate surface area is 125 Å². The number of amides is 1. The fourth-order valence-electron chi connectivity index (χ4n) is 1.96. The molecular weight excluding hydrogens is 270 g/mol. The minimum Gasteiger partial charge on any atom is -0.465 e. The predicted molar refractivity (Wildman–Crippen MR) is 83.4 cm³/mol. The summed E-state index contributed by atoms with van der Waals surface area (Å²) in [6.07, 6.45) is 0.853. The highest BCUT2D eigenvalue weighted by molar-refractivity contribution is 5.97. The molecule has 0 saturated heterocycles. The van der Waals surface area contributed by atoms with Crippen LogP contribution in [0.4, 0.5) is 11.4 Å². The number of rotatable bonds is 6. The highest BCUT2D eigenvalue weighted by Gasteiger charge is 2.19.